The molecule has 0 bridgehead atoms. The minimum absolute atomic E-state index is 0.163. The minimum Gasteiger partial charge on any atom is -0.474 e. The van der Waals surface area contributed by atoms with Crippen LogP contribution in [0.5, 0.6) is 5.88 Å². The molecule has 5 heteroatoms. The quantitative estimate of drug-likeness (QED) is 0.903. The van der Waals surface area contributed by atoms with Gasteiger partial charge >= 0.3 is 0 Å². The number of nitrogens with zero attached hydrogens (tertiary/aromatic N) is 2. The van der Waals surface area contributed by atoms with Crippen molar-refractivity contribution in [2.45, 2.75) is 72.2 Å². The van der Waals surface area contributed by atoms with Crippen molar-refractivity contribution in [3.05, 3.63) is 11.4 Å². The van der Waals surface area contributed by atoms with E-state index >= 15 is 0 Å². The molecule has 1 aromatic heterocycles. The van der Waals surface area contributed by atoms with Gasteiger partial charge < -0.3 is 14.8 Å². The van der Waals surface area contributed by atoms with Crippen LogP contribution in [0.25, 0.3) is 0 Å². The molecule has 2 heterocycles. The SMILES string of the molecule is CCCNc1nc(C)nc(OC2CC(C)OC(C)C2)c1C. The highest BCUT2D eigenvalue weighted by Crippen LogP contribution is 2.27. The lowest BCUT2D eigenvalue weighted by molar-refractivity contribution is -0.0731. The standard InChI is InChI=1S/C16H27N3O2/c1-6-7-17-15-12(4)16(19-13(5)18-15)21-14-8-10(2)20-11(3)9-14/h10-11,14H,6-9H2,1-5H3,(H,17,18,19). The van der Waals surface area contributed by atoms with Gasteiger partial charge in [0, 0.05) is 19.4 Å². The van der Waals surface area contributed by atoms with Gasteiger partial charge in [-0.2, -0.15) is 4.98 Å². The number of aromatic nitrogens is 2. The van der Waals surface area contributed by atoms with E-state index in [1.807, 2.05) is 13.8 Å². The smallest absolute Gasteiger partial charge is 0.222 e. The monoisotopic (exact) mass is 293 g/mol. The van der Waals surface area contributed by atoms with E-state index in [2.05, 4.69) is 36.1 Å². The van der Waals surface area contributed by atoms with Crippen LogP contribution in [0.1, 0.15) is 51.4 Å². The molecule has 2 rings (SSSR count). The summed E-state index contributed by atoms with van der Waals surface area (Å²) in [6, 6.07) is 0. The topological polar surface area (TPSA) is 56.3 Å². The predicted molar refractivity (Wildman–Crippen MR) is 83.9 cm³/mol. The highest BCUT2D eigenvalue weighted by Gasteiger charge is 2.27. The maximum Gasteiger partial charge on any atom is 0.222 e. The summed E-state index contributed by atoms with van der Waals surface area (Å²) in [5.74, 6) is 2.32. The van der Waals surface area contributed by atoms with Crippen LogP contribution < -0.4 is 10.1 Å². The van der Waals surface area contributed by atoms with Crippen molar-refractivity contribution in [2.75, 3.05) is 11.9 Å². The second-order valence-corrected chi connectivity index (χ2v) is 5.94. The molecule has 1 aliphatic rings. The summed E-state index contributed by atoms with van der Waals surface area (Å²) in [4.78, 5) is 8.94. The molecule has 21 heavy (non-hydrogen) atoms. The van der Waals surface area contributed by atoms with Gasteiger partial charge in [0.05, 0.1) is 17.8 Å². The van der Waals surface area contributed by atoms with Crippen molar-refractivity contribution in [2.24, 2.45) is 0 Å². The van der Waals surface area contributed by atoms with Gasteiger partial charge in [-0.25, -0.2) is 4.98 Å². The lowest BCUT2D eigenvalue weighted by Gasteiger charge is -2.32. The lowest BCUT2D eigenvalue weighted by Crippen LogP contribution is -2.36. The maximum absolute atomic E-state index is 6.16. The Morgan fingerprint density at radius 1 is 1.19 bits per heavy atom. The Kier molecular flexibility index (Phi) is 5.39. The van der Waals surface area contributed by atoms with Crippen LogP contribution in [-0.4, -0.2) is 34.8 Å². The molecule has 0 saturated carbocycles. The molecule has 0 radical (unpaired) electrons. The van der Waals surface area contributed by atoms with E-state index in [1.165, 1.54) is 0 Å². The van der Waals surface area contributed by atoms with Crippen molar-refractivity contribution in [3.63, 3.8) is 0 Å². The third-order valence-corrected chi connectivity index (χ3v) is 3.69. The molecular weight excluding hydrogens is 266 g/mol. The second-order valence-electron chi connectivity index (χ2n) is 5.94. The van der Waals surface area contributed by atoms with Crippen LogP contribution in [0.3, 0.4) is 0 Å². The first kappa shape index (κ1) is 16.0. The highest BCUT2D eigenvalue weighted by molar-refractivity contribution is 5.48. The summed E-state index contributed by atoms with van der Waals surface area (Å²) in [6.07, 6.45) is 3.51. The number of hydrogen-bond donors (Lipinski definition) is 1. The van der Waals surface area contributed by atoms with Gasteiger partial charge in [0.25, 0.3) is 0 Å². The van der Waals surface area contributed by atoms with Gasteiger partial charge in [-0.1, -0.05) is 6.92 Å². The van der Waals surface area contributed by atoms with E-state index in [4.69, 9.17) is 9.47 Å². The molecular formula is C16H27N3O2. The van der Waals surface area contributed by atoms with Gasteiger partial charge in [-0.3, -0.25) is 0 Å². The molecule has 118 valence electrons. The zero-order valence-corrected chi connectivity index (χ0v) is 13.8. The Bertz CT molecular complexity index is 469. The first-order valence-corrected chi connectivity index (χ1v) is 7.90. The molecule has 0 aliphatic carbocycles. The van der Waals surface area contributed by atoms with E-state index in [-0.39, 0.29) is 18.3 Å². The normalized spacial score (nSPS) is 25.7. The molecule has 5 nitrogen and oxygen atoms in total. The Morgan fingerprint density at radius 3 is 2.48 bits per heavy atom. The van der Waals surface area contributed by atoms with Crippen LogP contribution in [0.4, 0.5) is 5.82 Å². The highest BCUT2D eigenvalue weighted by atomic mass is 16.5. The van der Waals surface area contributed by atoms with Crippen molar-refractivity contribution in [3.8, 4) is 5.88 Å². The first-order valence-electron chi connectivity index (χ1n) is 7.90. The number of nitrogens with one attached hydrogen (secondary N) is 1. The third kappa shape index (κ3) is 4.30. The van der Waals surface area contributed by atoms with Crippen LogP contribution in [0, 0.1) is 13.8 Å². The fraction of sp³-hybridized carbons (Fsp3) is 0.750. The molecule has 2 atom stereocenters. The summed E-state index contributed by atoms with van der Waals surface area (Å²) < 4.78 is 11.9. The average molecular weight is 293 g/mol. The summed E-state index contributed by atoms with van der Waals surface area (Å²) >= 11 is 0. The lowest BCUT2D eigenvalue weighted by atomic mass is 10.0. The summed E-state index contributed by atoms with van der Waals surface area (Å²) in [6.45, 7) is 11.1. The predicted octanol–water partition coefficient (Wildman–Crippen LogP) is 3.25. The molecule has 1 fully saturated rings. The molecule has 1 saturated heterocycles. The molecule has 0 spiro atoms. The van der Waals surface area contributed by atoms with E-state index in [9.17, 15) is 0 Å². The van der Waals surface area contributed by atoms with E-state index in [0.29, 0.717) is 5.88 Å². The maximum atomic E-state index is 6.16. The molecule has 0 amide bonds. The number of rotatable bonds is 5. The van der Waals surface area contributed by atoms with E-state index in [0.717, 1.165) is 43.0 Å². The number of aryl methyl sites for hydroxylation is 1. The van der Waals surface area contributed by atoms with Gasteiger partial charge in [0.15, 0.2) is 0 Å². The first-order chi connectivity index (χ1) is 9.99. The molecule has 2 unspecified atom stereocenters. The zero-order chi connectivity index (χ0) is 15.4. The van der Waals surface area contributed by atoms with Crippen molar-refractivity contribution in [1.82, 2.24) is 9.97 Å². The molecule has 0 aromatic carbocycles. The fourth-order valence-corrected chi connectivity index (χ4v) is 2.73. The van der Waals surface area contributed by atoms with Crippen molar-refractivity contribution in [1.29, 1.82) is 0 Å². The number of anilines is 1. The molecule has 1 aliphatic heterocycles. The van der Waals surface area contributed by atoms with Crippen molar-refractivity contribution < 1.29 is 9.47 Å². The van der Waals surface area contributed by atoms with Gasteiger partial charge in [0.1, 0.15) is 17.7 Å². The second kappa shape index (κ2) is 7.07. The van der Waals surface area contributed by atoms with Gasteiger partial charge in [-0.05, 0) is 34.1 Å². The molecule has 1 N–H and O–H groups in total. The number of ether oxygens (including phenoxy) is 2. The zero-order valence-electron chi connectivity index (χ0n) is 13.8. The van der Waals surface area contributed by atoms with Crippen LogP contribution >= 0.6 is 0 Å². The summed E-state index contributed by atoms with van der Waals surface area (Å²) in [5, 5.41) is 3.34. The van der Waals surface area contributed by atoms with Crippen LogP contribution in [-0.2, 0) is 4.74 Å². The average Bonchev–Trinajstić information content (AvgIpc) is 2.39. The summed E-state index contributed by atoms with van der Waals surface area (Å²) in [5.41, 5.74) is 0.987. The van der Waals surface area contributed by atoms with Crippen molar-refractivity contribution >= 4 is 5.82 Å². The van der Waals surface area contributed by atoms with E-state index < -0.39 is 0 Å². The summed E-state index contributed by atoms with van der Waals surface area (Å²) in [7, 11) is 0. The van der Waals surface area contributed by atoms with Gasteiger partial charge in [0.2, 0.25) is 5.88 Å². The van der Waals surface area contributed by atoms with E-state index in [1.54, 1.807) is 0 Å². The van der Waals surface area contributed by atoms with Crippen LogP contribution in [0.2, 0.25) is 0 Å². The number of hydrogen-bond acceptors (Lipinski definition) is 5. The minimum atomic E-state index is 0.163. The third-order valence-electron chi connectivity index (χ3n) is 3.69. The Balaban J connectivity index is 2.13. The Labute approximate surface area is 127 Å². The largest absolute Gasteiger partial charge is 0.474 e. The Morgan fingerprint density at radius 2 is 1.86 bits per heavy atom. The fourth-order valence-electron chi connectivity index (χ4n) is 2.73. The van der Waals surface area contributed by atoms with Gasteiger partial charge in [-0.15, -0.1) is 0 Å². The Hall–Kier alpha value is -1.36. The molecule has 1 aromatic rings. The van der Waals surface area contributed by atoms with Crippen LogP contribution in [0.15, 0.2) is 0 Å².